The summed E-state index contributed by atoms with van der Waals surface area (Å²) in [5.41, 5.74) is 0.701. The van der Waals surface area contributed by atoms with E-state index in [1.807, 2.05) is 34.6 Å². The Bertz CT molecular complexity index is 491. The minimum absolute atomic E-state index is 0.323. The molecule has 0 saturated carbocycles. The smallest absolute Gasteiger partial charge is 0.465 e. The standard InChI is InChI=1S/C13H19BO4S/c1-8-9(11(15)16-6)7-19-10(8)14-17-12(2,3)13(4,5)18-14/h7H,1-6H3. The van der Waals surface area contributed by atoms with Gasteiger partial charge in [0, 0.05) is 10.2 Å². The van der Waals surface area contributed by atoms with E-state index < -0.39 is 7.12 Å². The molecule has 2 rings (SSSR count). The Kier molecular flexibility index (Phi) is 3.54. The molecular formula is C13H19BO4S. The summed E-state index contributed by atoms with van der Waals surface area (Å²) in [5, 5.41) is 1.79. The molecule has 1 aromatic rings. The SMILES string of the molecule is COC(=O)c1csc(B2OC(C)(C)C(C)(C)O2)c1C. The molecule has 2 heterocycles. The fraction of sp³-hybridized carbons (Fsp3) is 0.615. The van der Waals surface area contributed by atoms with Gasteiger partial charge in [-0.2, -0.15) is 11.3 Å². The average Bonchev–Trinajstić information content (AvgIpc) is 2.77. The lowest BCUT2D eigenvalue weighted by Gasteiger charge is -2.32. The third kappa shape index (κ3) is 2.33. The monoisotopic (exact) mass is 282 g/mol. The molecule has 1 aromatic heterocycles. The Morgan fingerprint density at radius 1 is 1.26 bits per heavy atom. The van der Waals surface area contributed by atoms with E-state index in [4.69, 9.17) is 14.0 Å². The normalized spacial score (nSPS) is 20.6. The highest BCUT2D eigenvalue weighted by Gasteiger charge is 2.52. The fourth-order valence-corrected chi connectivity index (χ4v) is 2.94. The van der Waals surface area contributed by atoms with Gasteiger partial charge in [0.15, 0.2) is 0 Å². The van der Waals surface area contributed by atoms with Gasteiger partial charge in [-0.1, -0.05) is 0 Å². The van der Waals surface area contributed by atoms with Gasteiger partial charge in [-0.05, 0) is 40.2 Å². The van der Waals surface area contributed by atoms with Crippen LogP contribution in [0.4, 0.5) is 0 Å². The lowest BCUT2D eigenvalue weighted by Crippen LogP contribution is -2.41. The second-order valence-electron chi connectivity index (χ2n) is 5.72. The summed E-state index contributed by atoms with van der Waals surface area (Å²) in [6.45, 7) is 9.94. The first kappa shape index (κ1) is 14.6. The second-order valence-corrected chi connectivity index (χ2v) is 6.63. The van der Waals surface area contributed by atoms with Crippen LogP contribution < -0.4 is 4.78 Å². The molecule has 1 fully saturated rings. The van der Waals surface area contributed by atoms with E-state index in [1.54, 1.807) is 5.38 Å². The number of rotatable bonds is 2. The molecule has 0 aromatic carbocycles. The van der Waals surface area contributed by atoms with Crippen molar-refractivity contribution in [3.63, 3.8) is 0 Å². The first-order chi connectivity index (χ1) is 8.69. The zero-order chi connectivity index (χ0) is 14.4. The van der Waals surface area contributed by atoms with Crippen molar-refractivity contribution in [2.45, 2.75) is 45.8 Å². The molecule has 6 heteroatoms. The topological polar surface area (TPSA) is 44.8 Å². The van der Waals surface area contributed by atoms with Crippen molar-refractivity contribution in [3.8, 4) is 0 Å². The number of ether oxygens (including phenoxy) is 1. The van der Waals surface area contributed by atoms with Gasteiger partial charge in [-0.15, -0.1) is 0 Å². The van der Waals surface area contributed by atoms with Gasteiger partial charge in [0.05, 0.1) is 23.9 Å². The Balaban J connectivity index is 2.31. The lowest BCUT2D eigenvalue weighted by atomic mass is 9.84. The van der Waals surface area contributed by atoms with Crippen LogP contribution in [0.5, 0.6) is 0 Å². The largest absolute Gasteiger partial charge is 0.505 e. The van der Waals surface area contributed by atoms with Crippen LogP contribution in [-0.4, -0.2) is 31.4 Å². The molecule has 0 spiro atoms. The average molecular weight is 282 g/mol. The summed E-state index contributed by atoms with van der Waals surface area (Å²) in [6, 6.07) is 0. The van der Waals surface area contributed by atoms with Crippen LogP contribution in [0.3, 0.4) is 0 Å². The van der Waals surface area contributed by atoms with Crippen molar-refractivity contribution in [1.82, 2.24) is 0 Å². The highest BCUT2D eigenvalue weighted by molar-refractivity contribution is 7.21. The maximum absolute atomic E-state index is 11.6. The number of methoxy groups -OCH3 is 1. The van der Waals surface area contributed by atoms with Crippen molar-refractivity contribution in [1.29, 1.82) is 0 Å². The van der Waals surface area contributed by atoms with E-state index >= 15 is 0 Å². The molecule has 19 heavy (non-hydrogen) atoms. The van der Waals surface area contributed by atoms with E-state index in [-0.39, 0.29) is 17.2 Å². The van der Waals surface area contributed by atoms with Gasteiger partial charge in [0.25, 0.3) is 0 Å². The molecule has 0 bridgehead atoms. The van der Waals surface area contributed by atoms with E-state index in [0.717, 1.165) is 10.3 Å². The van der Waals surface area contributed by atoms with Gasteiger partial charge >= 0.3 is 13.1 Å². The molecule has 1 saturated heterocycles. The van der Waals surface area contributed by atoms with Crippen LogP contribution in [0.2, 0.25) is 0 Å². The molecule has 0 aliphatic carbocycles. The van der Waals surface area contributed by atoms with Crippen LogP contribution in [-0.2, 0) is 14.0 Å². The predicted molar refractivity (Wildman–Crippen MR) is 76.1 cm³/mol. The zero-order valence-corrected chi connectivity index (χ0v) is 13.0. The Morgan fingerprint density at radius 3 is 2.26 bits per heavy atom. The quantitative estimate of drug-likeness (QED) is 0.616. The van der Waals surface area contributed by atoms with Crippen molar-refractivity contribution < 1.29 is 18.8 Å². The number of esters is 1. The summed E-state index contributed by atoms with van der Waals surface area (Å²) >= 11 is 1.47. The minimum atomic E-state index is -0.423. The third-order valence-corrected chi connectivity index (χ3v) is 5.06. The Labute approximate surface area is 118 Å². The summed E-state index contributed by atoms with van der Waals surface area (Å²) < 4.78 is 17.7. The molecule has 4 nitrogen and oxygen atoms in total. The summed E-state index contributed by atoms with van der Waals surface area (Å²) in [7, 11) is 0.960. The molecular weight excluding hydrogens is 263 g/mol. The van der Waals surface area contributed by atoms with Crippen LogP contribution in [0, 0.1) is 6.92 Å². The minimum Gasteiger partial charge on any atom is -0.465 e. The molecule has 104 valence electrons. The van der Waals surface area contributed by atoms with Gasteiger partial charge in [0.2, 0.25) is 0 Å². The first-order valence-corrected chi connectivity index (χ1v) is 7.09. The molecule has 0 atom stereocenters. The van der Waals surface area contributed by atoms with Gasteiger partial charge in [-0.25, -0.2) is 4.79 Å². The molecule has 1 aliphatic heterocycles. The van der Waals surface area contributed by atoms with Gasteiger partial charge in [-0.3, -0.25) is 0 Å². The molecule has 1 aliphatic rings. The second kappa shape index (κ2) is 4.61. The van der Waals surface area contributed by atoms with Gasteiger partial charge < -0.3 is 14.0 Å². The van der Waals surface area contributed by atoms with Crippen molar-refractivity contribution in [3.05, 3.63) is 16.5 Å². The van der Waals surface area contributed by atoms with Crippen molar-refractivity contribution in [2.75, 3.05) is 7.11 Å². The molecule has 0 amide bonds. The highest BCUT2D eigenvalue weighted by Crippen LogP contribution is 2.37. The summed E-state index contributed by atoms with van der Waals surface area (Å²) in [5.74, 6) is -0.323. The Hall–Kier alpha value is -0.845. The molecule has 0 unspecified atom stereocenters. The predicted octanol–water partition coefficient (Wildman–Crippen LogP) is 2.14. The van der Waals surface area contributed by atoms with Gasteiger partial charge in [0.1, 0.15) is 0 Å². The van der Waals surface area contributed by atoms with Crippen LogP contribution in [0.25, 0.3) is 0 Å². The highest BCUT2D eigenvalue weighted by atomic mass is 32.1. The lowest BCUT2D eigenvalue weighted by molar-refractivity contribution is 0.00578. The summed E-state index contributed by atoms with van der Waals surface area (Å²) in [4.78, 5) is 11.6. The third-order valence-electron chi connectivity index (χ3n) is 3.95. The molecule has 0 N–H and O–H groups in total. The van der Waals surface area contributed by atoms with E-state index in [0.29, 0.717) is 5.56 Å². The first-order valence-electron chi connectivity index (χ1n) is 6.21. The maximum Gasteiger partial charge on any atom is 0.505 e. The van der Waals surface area contributed by atoms with E-state index in [2.05, 4.69) is 0 Å². The van der Waals surface area contributed by atoms with Crippen LogP contribution >= 0.6 is 11.3 Å². The number of carbonyl (C=O) groups excluding carboxylic acids is 1. The number of hydrogen-bond acceptors (Lipinski definition) is 5. The number of carbonyl (C=O) groups is 1. The van der Waals surface area contributed by atoms with E-state index in [1.165, 1.54) is 18.4 Å². The van der Waals surface area contributed by atoms with Crippen molar-refractivity contribution >= 4 is 29.2 Å². The maximum atomic E-state index is 11.6. The Morgan fingerprint density at radius 2 is 1.79 bits per heavy atom. The number of thiophene rings is 1. The zero-order valence-electron chi connectivity index (χ0n) is 12.2. The number of hydrogen-bond donors (Lipinski definition) is 0. The fourth-order valence-electron chi connectivity index (χ4n) is 1.93. The molecule has 0 radical (unpaired) electrons. The summed E-state index contributed by atoms with van der Waals surface area (Å²) in [6.07, 6.45) is 0. The van der Waals surface area contributed by atoms with Crippen molar-refractivity contribution in [2.24, 2.45) is 0 Å². The van der Waals surface area contributed by atoms with Crippen LogP contribution in [0.1, 0.15) is 43.6 Å². The van der Waals surface area contributed by atoms with E-state index in [9.17, 15) is 4.79 Å². The van der Waals surface area contributed by atoms with Crippen LogP contribution in [0.15, 0.2) is 5.38 Å².